The maximum atomic E-state index is 8.91. The highest BCUT2D eigenvalue weighted by atomic mass is 14.3. The van der Waals surface area contributed by atoms with Crippen molar-refractivity contribution in [3.8, 4) is 6.07 Å². The zero-order chi connectivity index (χ0) is 10.6. The van der Waals surface area contributed by atoms with Gasteiger partial charge in [-0.15, -0.1) is 0 Å². The number of hydrogen-bond acceptors (Lipinski definition) is 1. The van der Waals surface area contributed by atoms with E-state index in [1.54, 1.807) is 0 Å². The van der Waals surface area contributed by atoms with Crippen LogP contribution in [0.5, 0.6) is 0 Å². The standard InChI is InChI=1S/C13H23N/c1-3-5-7-9-11-13(12-14)10-8-6-4-2/h5,7,13H,3-4,6,8-11H2,1-2H3. The van der Waals surface area contributed by atoms with E-state index in [-0.39, 0.29) is 5.92 Å². The van der Waals surface area contributed by atoms with Gasteiger partial charge in [-0.05, 0) is 25.7 Å². The molecule has 1 atom stereocenters. The van der Waals surface area contributed by atoms with Crippen molar-refractivity contribution >= 4 is 0 Å². The van der Waals surface area contributed by atoms with E-state index in [1.807, 2.05) is 0 Å². The largest absolute Gasteiger partial charge is 0.198 e. The van der Waals surface area contributed by atoms with Crippen LogP contribution in [0.25, 0.3) is 0 Å². The first-order valence-corrected chi connectivity index (χ1v) is 5.89. The zero-order valence-corrected chi connectivity index (χ0v) is 9.63. The van der Waals surface area contributed by atoms with Gasteiger partial charge in [0.1, 0.15) is 0 Å². The summed E-state index contributed by atoms with van der Waals surface area (Å²) in [7, 11) is 0. The fourth-order valence-corrected chi connectivity index (χ4v) is 1.50. The molecule has 1 heteroatoms. The Labute approximate surface area is 88.8 Å². The number of rotatable bonds is 8. The molecular weight excluding hydrogens is 170 g/mol. The molecule has 1 unspecified atom stereocenters. The van der Waals surface area contributed by atoms with Gasteiger partial charge in [0, 0.05) is 5.92 Å². The van der Waals surface area contributed by atoms with E-state index in [4.69, 9.17) is 5.26 Å². The van der Waals surface area contributed by atoms with Gasteiger partial charge < -0.3 is 0 Å². The average Bonchev–Trinajstić information content (AvgIpc) is 2.22. The van der Waals surface area contributed by atoms with Gasteiger partial charge in [-0.3, -0.25) is 0 Å². The van der Waals surface area contributed by atoms with Gasteiger partial charge in [0.05, 0.1) is 6.07 Å². The van der Waals surface area contributed by atoms with E-state index < -0.39 is 0 Å². The van der Waals surface area contributed by atoms with Gasteiger partial charge >= 0.3 is 0 Å². The van der Waals surface area contributed by atoms with Crippen LogP contribution in [-0.4, -0.2) is 0 Å². The van der Waals surface area contributed by atoms with Crippen LogP contribution in [0.15, 0.2) is 12.2 Å². The van der Waals surface area contributed by atoms with Crippen molar-refractivity contribution in [3.63, 3.8) is 0 Å². The monoisotopic (exact) mass is 193 g/mol. The van der Waals surface area contributed by atoms with Crippen molar-refractivity contribution in [2.45, 2.75) is 58.8 Å². The van der Waals surface area contributed by atoms with Gasteiger partial charge in [0.15, 0.2) is 0 Å². The van der Waals surface area contributed by atoms with Crippen LogP contribution in [-0.2, 0) is 0 Å². The second kappa shape index (κ2) is 10.3. The predicted octanol–water partition coefficient (Wildman–Crippen LogP) is 4.45. The van der Waals surface area contributed by atoms with E-state index in [0.717, 1.165) is 25.7 Å². The maximum absolute atomic E-state index is 8.91. The van der Waals surface area contributed by atoms with E-state index >= 15 is 0 Å². The third kappa shape index (κ3) is 7.86. The lowest BCUT2D eigenvalue weighted by Crippen LogP contribution is -1.96. The molecule has 0 heterocycles. The third-order valence-corrected chi connectivity index (χ3v) is 2.42. The summed E-state index contributed by atoms with van der Waals surface area (Å²) in [5, 5.41) is 8.91. The molecular formula is C13H23N. The van der Waals surface area contributed by atoms with E-state index in [0.29, 0.717) is 0 Å². The Morgan fingerprint density at radius 2 is 1.93 bits per heavy atom. The average molecular weight is 193 g/mol. The summed E-state index contributed by atoms with van der Waals surface area (Å²) in [6.07, 6.45) is 12.4. The number of unbranched alkanes of at least 4 members (excludes halogenated alkanes) is 2. The molecule has 1 nitrogen and oxygen atoms in total. The van der Waals surface area contributed by atoms with Crippen molar-refractivity contribution in [1.29, 1.82) is 5.26 Å². The zero-order valence-electron chi connectivity index (χ0n) is 9.63. The molecule has 0 saturated carbocycles. The lowest BCUT2D eigenvalue weighted by atomic mass is 9.97. The van der Waals surface area contributed by atoms with Crippen molar-refractivity contribution in [2.75, 3.05) is 0 Å². The molecule has 0 N–H and O–H groups in total. The van der Waals surface area contributed by atoms with Crippen LogP contribution in [0.2, 0.25) is 0 Å². The van der Waals surface area contributed by atoms with Crippen molar-refractivity contribution in [3.05, 3.63) is 12.2 Å². The molecule has 0 amide bonds. The first-order valence-electron chi connectivity index (χ1n) is 5.89. The highest BCUT2D eigenvalue weighted by Crippen LogP contribution is 2.15. The SMILES string of the molecule is CCC=CCCC(C#N)CCCCC. The summed E-state index contributed by atoms with van der Waals surface area (Å²) in [6.45, 7) is 4.34. The van der Waals surface area contributed by atoms with Gasteiger partial charge in [0.25, 0.3) is 0 Å². The Hall–Kier alpha value is -0.770. The number of allylic oxidation sites excluding steroid dienone is 2. The van der Waals surface area contributed by atoms with Crippen molar-refractivity contribution < 1.29 is 0 Å². The maximum Gasteiger partial charge on any atom is 0.0655 e. The van der Waals surface area contributed by atoms with Gasteiger partial charge in [0.2, 0.25) is 0 Å². The normalized spacial score (nSPS) is 12.9. The predicted molar refractivity (Wildman–Crippen MR) is 61.9 cm³/mol. The highest BCUT2D eigenvalue weighted by molar-refractivity contribution is 4.87. The minimum atomic E-state index is 0.281. The minimum absolute atomic E-state index is 0.281. The van der Waals surface area contributed by atoms with E-state index in [1.165, 1.54) is 19.3 Å². The van der Waals surface area contributed by atoms with Crippen LogP contribution >= 0.6 is 0 Å². The van der Waals surface area contributed by atoms with Gasteiger partial charge in [-0.2, -0.15) is 5.26 Å². The van der Waals surface area contributed by atoms with Gasteiger partial charge in [-0.1, -0.05) is 45.3 Å². The van der Waals surface area contributed by atoms with Crippen LogP contribution in [0.4, 0.5) is 0 Å². The summed E-state index contributed by atoms with van der Waals surface area (Å²) in [5.41, 5.74) is 0. The van der Waals surface area contributed by atoms with Crippen LogP contribution < -0.4 is 0 Å². The Morgan fingerprint density at radius 3 is 2.50 bits per heavy atom. The molecule has 0 bridgehead atoms. The molecule has 0 aromatic carbocycles. The summed E-state index contributed by atoms with van der Waals surface area (Å²) in [4.78, 5) is 0. The number of nitrogens with zero attached hydrogens (tertiary/aromatic N) is 1. The Morgan fingerprint density at radius 1 is 1.14 bits per heavy atom. The fraction of sp³-hybridized carbons (Fsp3) is 0.769. The van der Waals surface area contributed by atoms with Crippen molar-refractivity contribution in [2.24, 2.45) is 5.92 Å². The Bertz CT molecular complexity index is 176. The molecule has 0 aromatic heterocycles. The molecule has 0 aliphatic heterocycles. The van der Waals surface area contributed by atoms with Crippen molar-refractivity contribution in [1.82, 2.24) is 0 Å². The molecule has 0 rings (SSSR count). The van der Waals surface area contributed by atoms with E-state index in [9.17, 15) is 0 Å². The van der Waals surface area contributed by atoms with E-state index in [2.05, 4.69) is 32.1 Å². The second-order valence-electron chi connectivity index (χ2n) is 3.78. The van der Waals surface area contributed by atoms with Gasteiger partial charge in [-0.25, -0.2) is 0 Å². The first kappa shape index (κ1) is 13.2. The summed E-state index contributed by atoms with van der Waals surface area (Å²) >= 11 is 0. The fourth-order valence-electron chi connectivity index (χ4n) is 1.50. The second-order valence-corrected chi connectivity index (χ2v) is 3.78. The van der Waals surface area contributed by atoms with Crippen LogP contribution in [0.1, 0.15) is 58.8 Å². The lowest BCUT2D eigenvalue weighted by molar-refractivity contribution is 0.520. The summed E-state index contributed by atoms with van der Waals surface area (Å²) in [6, 6.07) is 2.40. The third-order valence-electron chi connectivity index (χ3n) is 2.42. The smallest absolute Gasteiger partial charge is 0.0655 e. The first-order chi connectivity index (χ1) is 6.85. The number of nitriles is 1. The molecule has 0 aromatic rings. The molecule has 0 radical (unpaired) electrons. The Kier molecular flexibility index (Phi) is 9.74. The lowest BCUT2D eigenvalue weighted by Gasteiger charge is -2.05. The summed E-state index contributed by atoms with van der Waals surface area (Å²) < 4.78 is 0. The molecule has 14 heavy (non-hydrogen) atoms. The number of hydrogen-bond donors (Lipinski definition) is 0. The summed E-state index contributed by atoms with van der Waals surface area (Å²) in [5.74, 6) is 0.281. The molecule has 0 aliphatic rings. The molecule has 80 valence electrons. The van der Waals surface area contributed by atoms with Crippen LogP contribution in [0, 0.1) is 17.2 Å². The minimum Gasteiger partial charge on any atom is -0.198 e. The van der Waals surface area contributed by atoms with Crippen LogP contribution in [0.3, 0.4) is 0 Å². The topological polar surface area (TPSA) is 23.8 Å². The highest BCUT2D eigenvalue weighted by Gasteiger charge is 2.04. The molecule has 0 saturated heterocycles. The Balaban J connectivity index is 3.49. The molecule has 0 aliphatic carbocycles. The molecule has 0 fully saturated rings. The quantitative estimate of drug-likeness (QED) is 0.412. The molecule has 0 spiro atoms.